The van der Waals surface area contributed by atoms with Crippen LogP contribution < -0.4 is 0 Å². The van der Waals surface area contributed by atoms with Crippen molar-refractivity contribution in [2.45, 2.75) is 38.2 Å². The molecule has 0 aliphatic carbocycles. The first-order valence-electron chi connectivity index (χ1n) is 8.59. The third-order valence-corrected chi connectivity index (χ3v) is 5.35. The number of ether oxygens (including phenoxy) is 1. The molecular formula is C19H26N2O5S. The van der Waals surface area contributed by atoms with Gasteiger partial charge in [-0.15, -0.1) is 0 Å². The number of benzene rings is 1. The van der Waals surface area contributed by atoms with Crippen molar-refractivity contribution >= 4 is 27.2 Å². The number of pyridine rings is 1. The fourth-order valence-corrected chi connectivity index (χ4v) is 4.30. The number of para-hydroxylation sites is 1. The van der Waals surface area contributed by atoms with Gasteiger partial charge in [-0.25, -0.2) is 13.5 Å². The van der Waals surface area contributed by atoms with Crippen LogP contribution in [-0.2, 0) is 30.0 Å². The zero-order chi connectivity index (χ0) is 20.1. The summed E-state index contributed by atoms with van der Waals surface area (Å²) in [6.45, 7) is 5.39. The van der Waals surface area contributed by atoms with Gasteiger partial charge in [0, 0.05) is 18.7 Å². The Morgan fingerprint density at radius 2 is 1.96 bits per heavy atom. The van der Waals surface area contributed by atoms with Crippen LogP contribution in [0.15, 0.2) is 36.5 Å². The van der Waals surface area contributed by atoms with E-state index in [2.05, 4.69) is 4.98 Å². The van der Waals surface area contributed by atoms with Crippen LogP contribution in [-0.4, -0.2) is 56.0 Å². The van der Waals surface area contributed by atoms with E-state index in [9.17, 15) is 13.2 Å². The van der Waals surface area contributed by atoms with Crippen LogP contribution in [0.25, 0.3) is 10.9 Å². The van der Waals surface area contributed by atoms with Gasteiger partial charge in [0.1, 0.15) is 0 Å². The Hall–Kier alpha value is -2.03. The molecule has 0 saturated carbocycles. The summed E-state index contributed by atoms with van der Waals surface area (Å²) < 4.78 is 30.5. The zero-order valence-electron chi connectivity index (χ0n) is 16.1. The number of hydrogen-bond acceptors (Lipinski definition) is 6. The van der Waals surface area contributed by atoms with E-state index in [0.717, 1.165) is 16.0 Å². The van der Waals surface area contributed by atoms with Gasteiger partial charge in [0.05, 0.1) is 35.3 Å². The summed E-state index contributed by atoms with van der Waals surface area (Å²) in [4.78, 5) is 21.3. The van der Waals surface area contributed by atoms with Crippen LogP contribution in [0.4, 0.5) is 0 Å². The SMILES string of the molecule is COC[C@@H](CS(=O)(=O)Cc1cnc2ccccc2c1)N(C=O)OC(C)(C)C. The van der Waals surface area contributed by atoms with Gasteiger partial charge in [-0.2, -0.15) is 0 Å². The molecule has 0 N–H and O–H groups in total. The van der Waals surface area contributed by atoms with Gasteiger partial charge in [0.25, 0.3) is 0 Å². The molecule has 0 saturated heterocycles. The average molecular weight is 394 g/mol. The zero-order valence-corrected chi connectivity index (χ0v) is 16.9. The Morgan fingerprint density at radius 1 is 1.26 bits per heavy atom. The van der Waals surface area contributed by atoms with Crippen LogP contribution in [0.1, 0.15) is 26.3 Å². The Bertz CT molecular complexity index is 877. The average Bonchev–Trinajstić information content (AvgIpc) is 2.58. The molecule has 27 heavy (non-hydrogen) atoms. The van der Waals surface area contributed by atoms with Crippen molar-refractivity contribution in [3.05, 3.63) is 42.1 Å². The Labute approximate surface area is 160 Å². The molecule has 1 heterocycles. The summed E-state index contributed by atoms with van der Waals surface area (Å²) in [7, 11) is -2.08. The van der Waals surface area contributed by atoms with E-state index >= 15 is 0 Å². The lowest BCUT2D eigenvalue weighted by atomic mass is 10.2. The van der Waals surface area contributed by atoms with Crippen molar-refractivity contribution in [2.75, 3.05) is 19.5 Å². The normalized spacial score (nSPS) is 13.5. The number of carbonyl (C=O) groups excluding carboxylic acids is 1. The molecule has 0 bridgehead atoms. The third kappa shape index (κ3) is 6.57. The molecule has 1 aromatic heterocycles. The highest BCUT2D eigenvalue weighted by Crippen LogP contribution is 2.17. The lowest BCUT2D eigenvalue weighted by Crippen LogP contribution is -2.46. The Kier molecular flexibility index (Phi) is 6.91. The maximum atomic E-state index is 12.7. The van der Waals surface area contributed by atoms with Crippen molar-refractivity contribution in [2.24, 2.45) is 0 Å². The molecule has 0 spiro atoms. The molecule has 1 aromatic carbocycles. The largest absolute Gasteiger partial charge is 0.382 e. The van der Waals surface area contributed by atoms with E-state index in [4.69, 9.17) is 9.57 Å². The second kappa shape index (κ2) is 8.77. The summed E-state index contributed by atoms with van der Waals surface area (Å²) in [5, 5.41) is 1.91. The van der Waals surface area contributed by atoms with Crippen molar-refractivity contribution in [3.8, 4) is 0 Å². The van der Waals surface area contributed by atoms with Crippen molar-refractivity contribution < 1.29 is 22.8 Å². The van der Waals surface area contributed by atoms with Crippen LogP contribution in [0.2, 0.25) is 0 Å². The van der Waals surface area contributed by atoms with Gasteiger partial charge in [-0.05, 0) is 38.5 Å². The van der Waals surface area contributed by atoms with Gasteiger partial charge in [-0.1, -0.05) is 18.2 Å². The van der Waals surface area contributed by atoms with Crippen molar-refractivity contribution in [1.82, 2.24) is 10.0 Å². The maximum absolute atomic E-state index is 12.7. The van der Waals surface area contributed by atoms with E-state index in [0.29, 0.717) is 12.0 Å². The second-order valence-corrected chi connectivity index (χ2v) is 9.48. The number of carbonyl (C=O) groups is 1. The number of hydroxylamine groups is 2. The van der Waals surface area contributed by atoms with E-state index in [1.807, 2.05) is 30.3 Å². The van der Waals surface area contributed by atoms with Gasteiger partial charge in [0.15, 0.2) is 9.84 Å². The quantitative estimate of drug-likeness (QED) is 0.479. The predicted molar refractivity (Wildman–Crippen MR) is 104 cm³/mol. The third-order valence-electron chi connectivity index (χ3n) is 3.68. The molecule has 2 aromatic rings. The lowest BCUT2D eigenvalue weighted by Gasteiger charge is -2.32. The molecule has 0 aliphatic heterocycles. The molecule has 0 radical (unpaired) electrons. The van der Waals surface area contributed by atoms with Crippen molar-refractivity contribution in [1.29, 1.82) is 0 Å². The van der Waals surface area contributed by atoms with Crippen LogP contribution in [0, 0.1) is 0 Å². The summed E-state index contributed by atoms with van der Waals surface area (Å²) in [5.41, 5.74) is 0.764. The Morgan fingerprint density at radius 3 is 2.59 bits per heavy atom. The molecule has 8 heteroatoms. The summed E-state index contributed by atoms with van der Waals surface area (Å²) in [5.74, 6) is -0.449. The minimum Gasteiger partial charge on any atom is -0.382 e. The van der Waals surface area contributed by atoms with Crippen LogP contribution >= 0.6 is 0 Å². The van der Waals surface area contributed by atoms with Crippen LogP contribution in [0.5, 0.6) is 0 Å². The minimum absolute atomic E-state index is 0.0457. The second-order valence-electron chi connectivity index (χ2n) is 7.37. The topological polar surface area (TPSA) is 85.8 Å². The number of aromatic nitrogens is 1. The maximum Gasteiger partial charge on any atom is 0.233 e. The van der Waals surface area contributed by atoms with E-state index in [1.165, 1.54) is 7.11 Å². The molecule has 1 amide bonds. The summed E-state index contributed by atoms with van der Waals surface area (Å²) >= 11 is 0. The Balaban J connectivity index is 2.17. The van der Waals surface area contributed by atoms with E-state index in [-0.39, 0.29) is 18.1 Å². The smallest absolute Gasteiger partial charge is 0.233 e. The molecular weight excluding hydrogens is 368 g/mol. The first kappa shape index (κ1) is 21.3. The molecule has 2 rings (SSSR count). The molecule has 0 unspecified atom stereocenters. The highest BCUT2D eigenvalue weighted by atomic mass is 32.2. The van der Waals surface area contributed by atoms with Gasteiger partial charge in [-0.3, -0.25) is 14.6 Å². The molecule has 1 atom stereocenters. The number of sulfone groups is 1. The predicted octanol–water partition coefficient (Wildman–Crippen LogP) is 2.35. The summed E-state index contributed by atoms with van der Waals surface area (Å²) in [6, 6.07) is 8.58. The van der Waals surface area contributed by atoms with Crippen LogP contribution in [0.3, 0.4) is 0 Å². The van der Waals surface area contributed by atoms with Gasteiger partial charge < -0.3 is 4.74 Å². The minimum atomic E-state index is -3.54. The van der Waals surface area contributed by atoms with Gasteiger partial charge >= 0.3 is 0 Å². The number of fused-ring (bicyclic) bond motifs is 1. The van der Waals surface area contributed by atoms with Gasteiger partial charge in [0.2, 0.25) is 6.41 Å². The molecule has 7 nitrogen and oxygen atoms in total. The monoisotopic (exact) mass is 394 g/mol. The molecule has 0 fully saturated rings. The standard InChI is InChI=1S/C19H26N2O5S/c1-19(2,3)26-21(14-22)17(11-25-4)13-27(23,24)12-15-9-16-7-5-6-8-18(16)20-10-15/h5-10,14,17H,11-13H2,1-4H3/t17-/m0/s1. The fraction of sp³-hybridized carbons (Fsp3) is 0.474. The number of hydrogen-bond donors (Lipinski definition) is 0. The highest BCUT2D eigenvalue weighted by molar-refractivity contribution is 7.90. The fourth-order valence-electron chi connectivity index (χ4n) is 2.69. The first-order valence-corrected chi connectivity index (χ1v) is 10.4. The number of rotatable bonds is 9. The molecule has 148 valence electrons. The first-order chi connectivity index (χ1) is 12.6. The number of amides is 1. The van der Waals surface area contributed by atoms with Crippen molar-refractivity contribution in [3.63, 3.8) is 0 Å². The highest BCUT2D eigenvalue weighted by Gasteiger charge is 2.28. The lowest BCUT2D eigenvalue weighted by molar-refractivity contribution is -0.233. The number of nitrogens with zero attached hydrogens (tertiary/aromatic N) is 2. The molecule has 0 aliphatic rings. The summed E-state index contributed by atoms with van der Waals surface area (Å²) in [6.07, 6.45) is 2.05. The number of methoxy groups -OCH3 is 1. The van der Waals surface area contributed by atoms with E-state index < -0.39 is 21.5 Å². The van der Waals surface area contributed by atoms with E-state index in [1.54, 1.807) is 27.0 Å².